The van der Waals surface area contributed by atoms with Crippen molar-refractivity contribution in [1.82, 2.24) is 5.32 Å². The van der Waals surface area contributed by atoms with E-state index in [9.17, 15) is 5.11 Å². The summed E-state index contributed by atoms with van der Waals surface area (Å²) in [5.41, 5.74) is 1.11. The van der Waals surface area contributed by atoms with E-state index in [4.69, 9.17) is 4.74 Å². The van der Waals surface area contributed by atoms with E-state index in [0.717, 1.165) is 24.5 Å². The molecule has 2 rings (SSSR count). The van der Waals surface area contributed by atoms with Crippen molar-refractivity contribution in [2.24, 2.45) is 0 Å². The molecule has 0 aliphatic carbocycles. The summed E-state index contributed by atoms with van der Waals surface area (Å²) in [7, 11) is 1.67. The third-order valence-electron chi connectivity index (χ3n) is 3.21. The minimum absolute atomic E-state index is 0.137. The summed E-state index contributed by atoms with van der Waals surface area (Å²) < 4.78 is 5.24. The van der Waals surface area contributed by atoms with Crippen LogP contribution >= 0.6 is 0 Å². The largest absolute Gasteiger partial charge is 0.497 e. The number of ether oxygens (including phenoxy) is 1. The lowest BCUT2D eigenvalue weighted by Gasteiger charge is -2.40. The van der Waals surface area contributed by atoms with E-state index >= 15 is 0 Å². The average molecular weight is 236 g/mol. The van der Waals surface area contributed by atoms with Crippen molar-refractivity contribution in [3.05, 3.63) is 24.3 Å². The van der Waals surface area contributed by atoms with Crippen molar-refractivity contribution in [2.45, 2.75) is 19.0 Å². The number of rotatable bonds is 3. The van der Waals surface area contributed by atoms with Crippen LogP contribution in [0.4, 0.5) is 5.69 Å². The molecule has 1 aliphatic rings. The van der Waals surface area contributed by atoms with Gasteiger partial charge in [0.05, 0.1) is 19.8 Å². The minimum atomic E-state index is 0.137. The van der Waals surface area contributed by atoms with Crippen molar-refractivity contribution >= 4 is 5.69 Å². The van der Waals surface area contributed by atoms with Crippen LogP contribution in [0.25, 0.3) is 0 Å². The molecule has 1 aromatic carbocycles. The second kappa shape index (κ2) is 5.38. The first-order valence-electron chi connectivity index (χ1n) is 5.99. The molecule has 1 heterocycles. The number of benzene rings is 1. The Hall–Kier alpha value is -1.26. The number of hydrogen-bond acceptors (Lipinski definition) is 4. The fourth-order valence-corrected chi connectivity index (χ4v) is 2.22. The Labute approximate surface area is 102 Å². The van der Waals surface area contributed by atoms with Crippen molar-refractivity contribution in [2.75, 3.05) is 31.7 Å². The van der Waals surface area contributed by atoms with Crippen molar-refractivity contribution in [3.8, 4) is 5.75 Å². The molecule has 1 aromatic rings. The molecule has 0 bridgehead atoms. The fourth-order valence-electron chi connectivity index (χ4n) is 2.22. The Morgan fingerprint density at radius 2 is 2.35 bits per heavy atom. The van der Waals surface area contributed by atoms with Gasteiger partial charge in [0.15, 0.2) is 0 Å². The molecule has 0 aromatic heterocycles. The van der Waals surface area contributed by atoms with Gasteiger partial charge < -0.3 is 20.1 Å². The summed E-state index contributed by atoms with van der Waals surface area (Å²) >= 11 is 0. The van der Waals surface area contributed by atoms with Crippen molar-refractivity contribution < 1.29 is 9.84 Å². The van der Waals surface area contributed by atoms with Crippen molar-refractivity contribution in [3.63, 3.8) is 0 Å². The summed E-state index contributed by atoms with van der Waals surface area (Å²) in [4.78, 5) is 2.24. The number of anilines is 1. The van der Waals surface area contributed by atoms with E-state index < -0.39 is 0 Å². The Morgan fingerprint density at radius 3 is 3.06 bits per heavy atom. The second-order valence-electron chi connectivity index (χ2n) is 4.50. The molecule has 4 heteroatoms. The Bertz CT molecular complexity index is 370. The van der Waals surface area contributed by atoms with Gasteiger partial charge in [0.25, 0.3) is 0 Å². The lowest BCUT2D eigenvalue weighted by Crippen LogP contribution is -2.57. The third kappa shape index (κ3) is 2.70. The summed E-state index contributed by atoms with van der Waals surface area (Å²) in [6, 6.07) is 8.56. The monoisotopic (exact) mass is 236 g/mol. The van der Waals surface area contributed by atoms with Gasteiger partial charge in [0.1, 0.15) is 5.75 Å². The first kappa shape index (κ1) is 12.2. The maximum Gasteiger partial charge on any atom is 0.120 e. The van der Waals surface area contributed by atoms with Gasteiger partial charge in [0.2, 0.25) is 0 Å². The Kier molecular flexibility index (Phi) is 3.86. The highest BCUT2D eigenvalue weighted by Gasteiger charge is 2.25. The van der Waals surface area contributed by atoms with Crippen LogP contribution in [-0.2, 0) is 0 Å². The highest BCUT2D eigenvalue weighted by atomic mass is 16.5. The highest BCUT2D eigenvalue weighted by molar-refractivity contribution is 5.52. The second-order valence-corrected chi connectivity index (χ2v) is 4.50. The zero-order chi connectivity index (χ0) is 12.3. The lowest BCUT2D eigenvalue weighted by atomic mass is 10.1. The number of methoxy groups -OCH3 is 1. The molecule has 4 nitrogen and oxygen atoms in total. The molecule has 1 aliphatic heterocycles. The van der Waals surface area contributed by atoms with Gasteiger partial charge in [-0.1, -0.05) is 6.07 Å². The van der Waals surface area contributed by atoms with E-state index in [2.05, 4.69) is 23.2 Å². The van der Waals surface area contributed by atoms with Gasteiger partial charge in [-0.05, 0) is 19.1 Å². The van der Waals surface area contributed by atoms with E-state index in [1.807, 2.05) is 18.2 Å². The van der Waals surface area contributed by atoms with Crippen LogP contribution in [0.1, 0.15) is 6.92 Å². The Balaban J connectivity index is 2.22. The quantitative estimate of drug-likeness (QED) is 0.817. The smallest absolute Gasteiger partial charge is 0.120 e. The van der Waals surface area contributed by atoms with Crippen LogP contribution in [0.3, 0.4) is 0 Å². The van der Waals surface area contributed by atoms with Gasteiger partial charge in [-0.2, -0.15) is 0 Å². The number of nitrogens with one attached hydrogen (secondary N) is 1. The molecule has 94 valence electrons. The zero-order valence-electron chi connectivity index (χ0n) is 10.4. The Morgan fingerprint density at radius 1 is 1.53 bits per heavy atom. The first-order chi connectivity index (χ1) is 8.24. The number of aliphatic hydroxyl groups is 1. The standard InChI is InChI=1S/C13H20N2O2/c1-10-8-15(12(9-16)7-14-10)11-4-3-5-13(6-11)17-2/h3-6,10,12,14,16H,7-9H2,1-2H3. The number of aliphatic hydroxyl groups excluding tert-OH is 1. The number of nitrogens with zero attached hydrogens (tertiary/aromatic N) is 1. The highest BCUT2D eigenvalue weighted by Crippen LogP contribution is 2.24. The summed E-state index contributed by atoms with van der Waals surface area (Å²) in [6.07, 6.45) is 0. The summed E-state index contributed by atoms with van der Waals surface area (Å²) in [6.45, 7) is 4.03. The molecular weight excluding hydrogens is 216 g/mol. The van der Waals surface area contributed by atoms with Gasteiger partial charge in [-0.25, -0.2) is 0 Å². The van der Waals surface area contributed by atoms with Gasteiger partial charge in [0, 0.05) is 30.9 Å². The summed E-state index contributed by atoms with van der Waals surface area (Å²) in [5.74, 6) is 0.852. The molecule has 0 spiro atoms. The molecular formula is C13H20N2O2. The third-order valence-corrected chi connectivity index (χ3v) is 3.21. The van der Waals surface area contributed by atoms with E-state index in [-0.39, 0.29) is 12.6 Å². The van der Waals surface area contributed by atoms with Gasteiger partial charge in [-0.15, -0.1) is 0 Å². The lowest BCUT2D eigenvalue weighted by molar-refractivity contribution is 0.237. The van der Waals surface area contributed by atoms with Crippen LogP contribution in [0, 0.1) is 0 Å². The van der Waals surface area contributed by atoms with Crippen LogP contribution in [0.15, 0.2) is 24.3 Å². The van der Waals surface area contributed by atoms with Crippen LogP contribution in [0.2, 0.25) is 0 Å². The molecule has 1 saturated heterocycles. The zero-order valence-corrected chi connectivity index (χ0v) is 10.4. The number of hydrogen-bond donors (Lipinski definition) is 2. The van der Waals surface area contributed by atoms with Crippen LogP contribution in [0.5, 0.6) is 5.75 Å². The molecule has 2 atom stereocenters. The predicted molar refractivity (Wildman–Crippen MR) is 68.7 cm³/mol. The molecule has 2 unspecified atom stereocenters. The molecule has 1 fully saturated rings. The predicted octanol–water partition coefficient (Wildman–Crippen LogP) is 0.854. The fraction of sp³-hybridized carbons (Fsp3) is 0.538. The maximum atomic E-state index is 9.42. The molecule has 0 radical (unpaired) electrons. The van der Waals surface area contributed by atoms with Gasteiger partial charge >= 0.3 is 0 Å². The first-order valence-corrected chi connectivity index (χ1v) is 5.99. The van der Waals surface area contributed by atoms with Crippen LogP contribution in [-0.4, -0.2) is 44.0 Å². The maximum absolute atomic E-state index is 9.42. The normalized spacial score (nSPS) is 24.8. The molecule has 0 amide bonds. The van der Waals surface area contributed by atoms with Crippen molar-refractivity contribution in [1.29, 1.82) is 0 Å². The molecule has 17 heavy (non-hydrogen) atoms. The number of piperazine rings is 1. The topological polar surface area (TPSA) is 44.7 Å². The molecule has 0 saturated carbocycles. The molecule has 2 N–H and O–H groups in total. The van der Waals surface area contributed by atoms with E-state index in [0.29, 0.717) is 6.04 Å². The van der Waals surface area contributed by atoms with Crippen LogP contribution < -0.4 is 15.0 Å². The van der Waals surface area contributed by atoms with E-state index in [1.54, 1.807) is 7.11 Å². The average Bonchev–Trinajstić information content (AvgIpc) is 2.39. The van der Waals surface area contributed by atoms with Gasteiger partial charge in [-0.3, -0.25) is 0 Å². The SMILES string of the molecule is COc1cccc(N2CC(C)NCC2CO)c1. The summed E-state index contributed by atoms with van der Waals surface area (Å²) in [5, 5.41) is 12.8. The van der Waals surface area contributed by atoms with E-state index in [1.165, 1.54) is 0 Å². The minimum Gasteiger partial charge on any atom is -0.497 e.